The number of hydrogen-bond donors (Lipinski definition) is 0. The van der Waals surface area contributed by atoms with Crippen LogP contribution in [0.4, 0.5) is 0 Å². The molecule has 0 N–H and O–H groups in total. The molecular formula is C17H16O3. The third kappa shape index (κ3) is 3.38. The van der Waals surface area contributed by atoms with E-state index in [1.54, 1.807) is 12.1 Å². The van der Waals surface area contributed by atoms with Crippen LogP contribution in [-0.2, 0) is 0 Å². The van der Waals surface area contributed by atoms with Gasteiger partial charge in [0.2, 0.25) is 0 Å². The van der Waals surface area contributed by atoms with Gasteiger partial charge in [0, 0.05) is 5.56 Å². The Balaban J connectivity index is 1.61. The zero-order valence-electron chi connectivity index (χ0n) is 11.1. The Morgan fingerprint density at radius 1 is 1.00 bits per heavy atom. The van der Waals surface area contributed by atoms with E-state index >= 15 is 0 Å². The van der Waals surface area contributed by atoms with Gasteiger partial charge >= 0.3 is 0 Å². The lowest BCUT2D eigenvalue weighted by Gasteiger charge is -2.07. The van der Waals surface area contributed by atoms with Gasteiger partial charge in [-0.15, -0.1) is 0 Å². The maximum Gasteiger partial charge on any atom is 0.200 e. The van der Waals surface area contributed by atoms with Crippen LogP contribution in [0, 0.1) is 0 Å². The fraction of sp³-hybridized carbons (Fsp3) is 0.235. The van der Waals surface area contributed by atoms with E-state index in [1.807, 2.05) is 42.5 Å². The average molecular weight is 268 g/mol. The molecule has 0 spiro atoms. The van der Waals surface area contributed by atoms with E-state index < -0.39 is 0 Å². The standard InChI is InChI=1S/C17H16O3/c18-17(12-19-14-6-2-1-3-7-14)13-5-4-8-16(11-13)20-15-9-10-15/h1-8,11,15H,9-10,12H2. The number of ketones is 1. The van der Waals surface area contributed by atoms with E-state index in [0.29, 0.717) is 17.4 Å². The maximum atomic E-state index is 12.1. The average Bonchev–Trinajstić information content (AvgIpc) is 3.30. The van der Waals surface area contributed by atoms with Crippen LogP contribution in [0.15, 0.2) is 54.6 Å². The van der Waals surface area contributed by atoms with Crippen molar-refractivity contribution in [2.45, 2.75) is 18.9 Å². The summed E-state index contributed by atoms with van der Waals surface area (Å²) in [5, 5.41) is 0. The van der Waals surface area contributed by atoms with Gasteiger partial charge in [-0.1, -0.05) is 30.3 Å². The van der Waals surface area contributed by atoms with Gasteiger partial charge in [0.15, 0.2) is 12.4 Å². The molecule has 3 rings (SSSR count). The van der Waals surface area contributed by atoms with Crippen molar-refractivity contribution in [3.63, 3.8) is 0 Å². The first kappa shape index (κ1) is 12.7. The van der Waals surface area contributed by atoms with Gasteiger partial charge in [0.25, 0.3) is 0 Å². The van der Waals surface area contributed by atoms with Gasteiger partial charge in [-0.05, 0) is 37.1 Å². The SMILES string of the molecule is O=C(COc1ccccc1)c1cccc(OC2CC2)c1. The smallest absolute Gasteiger partial charge is 0.200 e. The van der Waals surface area contributed by atoms with Crippen LogP contribution in [0.1, 0.15) is 23.2 Å². The van der Waals surface area contributed by atoms with Crippen molar-refractivity contribution in [3.8, 4) is 11.5 Å². The molecule has 2 aromatic rings. The Bertz CT molecular complexity index is 588. The van der Waals surface area contributed by atoms with Gasteiger partial charge in [-0.25, -0.2) is 0 Å². The fourth-order valence-electron chi connectivity index (χ4n) is 1.87. The number of para-hydroxylation sites is 1. The van der Waals surface area contributed by atoms with E-state index in [0.717, 1.165) is 18.6 Å². The summed E-state index contributed by atoms with van der Waals surface area (Å²) in [6.07, 6.45) is 2.55. The van der Waals surface area contributed by atoms with Crippen molar-refractivity contribution < 1.29 is 14.3 Å². The second-order valence-electron chi connectivity index (χ2n) is 4.87. The first-order valence-corrected chi connectivity index (χ1v) is 6.79. The number of rotatable bonds is 6. The highest BCUT2D eigenvalue weighted by atomic mass is 16.5. The van der Waals surface area contributed by atoms with Crippen LogP contribution in [-0.4, -0.2) is 18.5 Å². The predicted octanol–water partition coefficient (Wildman–Crippen LogP) is 3.49. The third-order valence-corrected chi connectivity index (χ3v) is 3.10. The molecule has 0 amide bonds. The van der Waals surface area contributed by atoms with Crippen LogP contribution in [0.5, 0.6) is 11.5 Å². The molecule has 0 aromatic heterocycles. The summed E-state index contributed by atoms with van der Waals surface area (Å²) in [7, 11) is 0. The largest absolute Gasteiger partial charge is 0.490 e. The van der Waals surface area contributed by atoms with Crippen LogP contribution in [0.25, 0.3) is 0 Å². The second kappa shape index (κ2) is 5.78. The molecule has 0 radical (unpaired) electrons. The third-order valence-electron chi connectivity index (χ3n) is 3.10. The molecule has 0 saturated heterocycles. The van der Waals surface area contributed by atoms with Gasteiger partial charge < -0.3 is 9.47 Å². The molecule has 0 bridgehead atoms. The summed E-state index contributed by atoms with van der Waals surface area (Å²) in [6.45, 7) is 0.0386. The second-order valence-corrected chi connectivity index (χ2v) is 4.87. The lowest BCUT2D eigenvalue weighted by Crippen LogP contribution is -2.11. The molecule has 2 aromatic carbocycles. The molecule has 3 heteroatoms. The Morgan fingerprint density at radius 3 is 2.50 bits per heavy atom. The highest BCUT2D eigenvalue weighted by Gasteiger charge is 2.23. The molecule has 1 aliphatic rings. The molecule has 1 fully saturated rings. The van der Waals surface area contributed by atoms with E-state index in [1.165, 1.54) is 0 Å². The van der Waals surface area contributed by atoms with E-state index in [9.17, 15) is 4.79 Å². The van der Waals surface area contributed by atoms with Gasteiger partial charge in [-0.3, -0.25) is 4.79 Å². The molecule has 0 atom stereocenters. The number of hydrogen-bond acceptors (Lipinski definition) is 3. The Kier molecular flexibility index (Phi) is 3.68. The van der Waals surface area contributed by atoms with Crippen molar-refractivity contribution in [2.24, 2.45) is 0 Å². The normalized spacial score (nSPS) is 13.8. The lowest BCUT2D eigenvalue weighted by atomic mass is 10.1. The zero-order valence-corrected chi connectivity index (χ0v) is 11.1. The minimum absolute atomic E-state index is 0.0386. The van der Waals surface area contributed by atoms with Crippen molar-refractivity contribution in [2.75, 3.05) is 6.61 Å². The summed E-state index contributed by atoms with van der Waals surface area (Å²) in [5.74, 6) is 1.42. The molecular weight excluding hydrogens is 252 g/mol. The molecule has 0 heterocycles. The summed E-state index contributed by atoms with van der Waals surface area (Å²) in [5.41, 5.74) is 0.624. The minimum atomic E-state index is -0.0462. The van der Waals surface area contributed by atoms with Crippen LogP contribution < -0.4 is 9.47 Å². The first-order valence-electron chi connectivity index (χ1n) is 6.79. The van der Waals surface area contributed by atoms with Crippen LogP contribution in [0.2, 0.25) is 0 Å². The Morgan fingerprint density at radius 2 is 1.75 bits per heavy atom. The Labute approximate surface area is 118 Å². The summed E-state index contributed by atoms with van der Waals surface area (Å²) in [4.78, 5) is 12.1. The van der Waals surface area contributed by atoms with E-state index in [4.69, 9.17) is 9.47 Å². The number of benzene rings is 2. The summed E-state index contributed by atoms with van der Waals surface area (Å²) in [6, 6.07) is 16.6. The number of carbonyl (C=O) groups is 1. The molecule has 0 unspecified atom stereocenters. The van der Waals surface area contributed by atoms with Crippen molar-refractivity contribution in [3.05, 3.63) is 60.2 Å². The van der Waals surface area contributed by atoms with Crippen LogP contribution in [0.3, 0.4) is 0 Å². The fourth-order valence-corrected chi connectivity index (χ4v) is 1.87. The number of carbonyl (C=O) groups excluding carboxylic acids is 1. The molecule has 20 heavy (non-hydrogen) atoms. The van der Waals surface area contributed by atoms with Gasteiger partial charge in [0.1, 0.15) is 11.5 Å². The highest BCUT2D eigenvalue weighted by Crippen LogP contribution is 2.27. The van der Waals surface area contributed by atoms with Crippen LogP contribution >= 0.6 is 0 Å². The monoisotopic (exact) mass is 268 g/mol. The topological polar surface area (TPSA) is 35.5 Å². The quantitative estimate of drug-likeness (QED) is 0.752. The number of ether oxygens (including phenoxy) is 2. The van der Waals surface area contributed by atoms with Crippen molar-refractivity contribution in [1.29, 1.82) is 0 Å². The zero-order chi connectivity index (χ0) is 13.8. The summed E-state index contributed by atoms with van der Waals surface area (Å²) >= 11 is 0. The Hall–Kier alpha value is -2.29. The van der Waals surface area contributed by atoms with Crippen molar-refractivity contribution in [1.82, 2.24) is 0 Å². The maximum absolute atomic E-state index is 12.1. The van der Waals surface area contributed by atoms with Gasteiger partial charge in [-0.2, -0.15) is 0 Å². The lowest BCUT2D eigenvalue weighted by molar-refractivity contribution is 0.0921. The highest BCUT2D eigenvalue weighted by molar-refractivity contribution is 5.97. The molecule has 1 aliphatic carbocycles. The molecule has 1 saturated carbocycles. The summed E-state index contributed by atoms with van der Waals surface area (Å²) < 4.78 is 11.2. The van der Waals surface area contributed by atoms with E-state index in [2.05, 4.69) is 0 Å². The molecule has 102 valence electrons. The number of Topliss-reactive ketones (excluding diaryl/α,β-unsaturated/α-hetero) is 1. The molecule has 0 aliphatic heterocycles. The van der Waals surface area contributed by atoms with E-state index in [-0.39, 0.29) is 12.4 Å². The van der Waals surface area contributed by atoms with Gasteiger partial charge in [0.05, 0.1) is 6.10 Å². The predicted molar refractivity (Wildman–Crippen MR) is 76.4 cm³/mol. The van der Waals surface area contributed by atoms with Crippen molar-refractivity contribution >= 4 is 5.78 Å². The first-order chi connectivity index (χ1) is 9.81. The molecule has 3 nitrogen and oxygen atoms in total. The minimum Gasteiger partial charge on any atom is -0.490 e.